The average molecular weight is 268 g/mol. The van der Waals surface area contributed by atoms with E-state index in [1.807, 2.05) is 25.1 Å². The van der Waals surface area contributed by atoms with Crippen LogP contribution < -0.4 is 11.1 Å². The molecular weight excluding hydrogens is 248 g/mol. The lowest BCUT2D eigenvalue weighted by Gasteiger charge is -2.14. The number of hydrogen-bond acceptors (Lipinski definition) is 2. The van der Waals surface area contributed by atoms with E-state index in [0.717, 1.165) is 41.5 Å². The highest BCUT2D eigenvalue weighted by Crippen LogP contribution is 2.54. The second-order valence-corrected chi connectivity index (χ2v) is 5.95. The molecule has 0 spiro atoms. The predicted octanol–water partition coefficient (Wildman–Crippen LogP) is 2.29. The Morgan fingerprint density at radius 2 is 2.10 bits per heavy atom. The molecule has 3 nitrogen and oxygen atoms in total. The number of benzene rings is 1. The number of nitrogens with two attached hydrogens (primary N) is 1. The molecule has 2 atom stereocenters. The fourth-order valence-corrected chi connectivity index (χ4v) is 3.20. The van der Waals surface area contributed by atoms with Crippen LogP contribution in [0.2, 0.25) is 0 Å². The number of fused-ring (bicyclic) bond motifs is 1. The van der Waals surface area contributed by atoms with Gasteiger partial charge < -0.3 is 11.1 Å². The third kappa shape index (κ3) is 2.71. The van der Waals surface area contributed by atoms with Crippen LogP contribution in [0, 0.1) is 36.5 Å². The Morgan fingerprint density at radius 1 is 1.35 bits per heavy atom. The highest BCUT2D eigenvalue weighted by atomic mass is 16.1. The maximum Gasteiger partial charge on any atom is 0.227 e. The van der Waals surface area contributed by atoms with Crippen LogP contribution in [0.5, 0.6) is 0 Å². The topological polar surface area (TPSA) is 55.1 Å². The van der Waals surface area contributed by atoms with E-state index in [1.165, 1.54) is 6.42 Å². The summed E-state index contributed by atoms with van der Waals surface area (Å²) in [7, 11) is 0. The van der Waals surface area contributed by atoms with E-state index in [1.54, 1.807) is 0 Å². The summed E-state index contributed by atoms with van der Waals surface area (Å²) in [6.45, 7) is 2.36. The van der Waals surface area contributed by atoms with Gasteiger partial charge in [0.05, 0.1) is 6.54 Å². The minimum absolute atomic E-state index is 0.182. The Balaban J connectivity index is 1.66. The van der Waals surface area contributed by atoms with Crippen molar-refractivity contribution in [2.75, 3.05) is 11.9 Å². The van der Waals surface area contributed by atoms with Crippen LogP contribution in [0.15, 0.2) is 18.2 Å². The summed E-state index contributed by atoms with van der Waals surface area (Å²) in [6, 6.07) is 5.85. The summed E-state index contributed by atoms with van der Waals surface area (Å²) in [4.78, 5) is 12.2. The normalized spacial score (nSPS) is 26.4. The molecule has 0 aromatic heterocycles. The summed E-state index contributed by atoms with van der Waals surface area (Å²) in [5.74, 6) is 7.91. The highest BCUT2D eigenvalue weighted by molar-refractivity contribution is 5.93. The molecule has 0 bridgehead atoms. The summed E-state index contributed by atoms with van der Waals surface area (Å²) in [5.41, 5.74) is 8.25. The van der Waals surface area contributed by atoms with Crippen molar-refractivity contribution in [1.82, 2.24) is 0 Å². The predicted molar refractivity (Wildman–Crippen MR) is 80.1 cm³/mol. The van der Waals surface area contributed by atoms with Gasteiger partial charge in [0.1, 0.15) is 0 Å². The summed E-state index contributed by atoms with van der Waals surface area (Å²) >= 11 is 0. The van der Waals surface area contributed by atoms with E-state index in [-0.39, 0.29) is 11.8 Å². The van der Waals surface area contributed by atoms with Gasteiger partial charge in [-0.2, -0.15) is 0 Å². The molecule has 3 rings (SSSR count). The molecule has 1 aromatic carbocycles. The number of amides is 1. The van der Waals surface area contributed by atoms with Gasteiger partial charge in [-0.05, 0) is 61.8 Å². The maximum atomic E-state index is 12.2. The first-order chi connectivity index (χ1) is 9.67. The van der Waals surface area contributed by atoms with Crippen LogP contribution in [0.1, 0.15) is 30.4 Å². The van der Waals surface area contributed by atoms with Crippen molar-refractivity contribution < 1.29 is 4.79 Å². The van der Waals surface area contributed by atoms with Crippen LogP contribution in [-0.2, 0) is 4.79 Å². The van der Waals surface area contributed by atoms with Gasteiger partial charge in [-0.25, -0.2) is 0 Å². The summed E-state index contributed by atoms with van der Waals surface area (Å²) < 4.78 is 0. The lowest BCUT2D eigenvalue weighted by Crippen LogP contribution is -2.22. The molecule has 0 aliphatic heterocycles. The zero-order valence-electron chi connectivity index (χ0n) is 11.8. The number of rotatable bonds is 2. The molecule has 2 unspecified atom stereocenters. The lowest BCUT2D eigenvalue weighted by atomic mass is 10.0. The zero-order chi connectivity index (χ0) is 14.1. The van der Waals surface area contributed by atoms with Crippen LogP contribution in [0.4, 0.5) is 5.69 Å². The average Bonchev–Trinajstić information content (AvgIpc) is 3.05. The molecule has 20 heavy (non-hydrogen) atoms. The molecular formula is C17H20N2O. The SMILES string of the molecule is Cc1cc(C#CCN)ccc1NC(=O)C1CC2CC2C1. The third-order valence-corrected chi connectivity index (χ3v) is 4.43. The molecule has 2 fully saturated rings. The Kier molecular flexibility index (Phi) is 3.50. The first kappa shape index (κ1) is 13.2. The fraction of sp³-hybridized carbons (Fsp3) is 0.471. The number of carbonyl (C=O) groups excluding carboxylic acids is 1. The standard InChI is InChI=1S/C17H20N2O/c1-11-7-12(3-2-6-18)4-5-16(11)19-17(20)15-9-13-8-14(13)10-15/h4-5,7,13-15H,6,8-10,18H2,1H3,(H,19,20). The van der Waals surface area contributed by atoms with Crippen molar-refractivity contribution in [2.45, 2.75) is 26.2 Å². The highest BCUT2D eigenvalue weighted by Gasteiger charge is 2.47. The first-order valence-electron chi connectivity index (χ1n) is 7.28. The molecule has 3 heteroatoms. The van der Waals surface area contributed by atoms with Gasteiger partial charge in [0.15, 0.2) is 0 Å². The van der Waals surface area contributed by atoms with Gasteiger partial charge in [0.2, 0.25) is 5.91 Å². The van der Waals surface area contributed by atoms with E-state index in [2.05, 4.69) is 17.2 Å². The first-order valence-corrected chi connectivity index (χ1v) is 7.28. The largest absolute Gasteiger partial charge is 0.326 e. The summed E-state index contributed by atoms with van der Waals surface area (Å²) in [5, 5.41) is 3.06. The van der Waals surface area contributed by atoms with Gasteiger partial charge in [0, 0.05) is 17.2 Å². The van der Waals surface area contributed by atoms with Gasteiger partial charge in [-0.1, -0.05) is 11.8 Å². The van der Waals surface area contributed by atoms with E-state index < -0.39 is 0 Å². The van der Waals surface area contributed by atoms with Gasteiger partial charge in [-0.15, -0.1) is 0 Å². The molecule has 3 N–H and O–H groups in total. The Morgan fingerprint density at radius 3 is 2.75 bits per heavy atom. The smallest absolute Gasteiger partial charge is 0.227 e. The Hall–Kier alpha value is -1.79. The van der Waals surface area contributed by atoms with Crippen LogP contribution >= 0.6 is 0 Å². The van der Waals surface area contributed by atoms with Crippen LogP contribution in [0.25, 0.3) is 0 Å². The van der Waals surface area contributed by atoms with Crippen LogP contribution in [0.3, 0.4) is 0 Å². The lowest BCUT2D eigenvalue weighted by molar-refractivity contribution is -0.120. The van der Waals surface area contributed by atoms with E-state index in [4.69, 9.17) is 5.73 Å². The Bertz CT molecular complexity index is 587. The number of carbonyl (C=O) groups is 1. The quantitative estimate of drug-likeness (QED) is 0.809. The Labute approximate surface area is 119 Å². The zero-order valence-corrected chi connectivity index (χ0v) is 11.8. The van der Waals surface area contributed by atoms with E-state index >= 15 is 0 Å². The molecule has 1 amide bonds. The number of anilines is 1. The van der Waals surface area contributed by atoms with Crippen molar-refractivity contribution in [3.8, 4) is 11.8 Å². The van der Waals surface area contributed by atoms with Gasteiger partial charge in [0.25, 0.3) is 0 Å². The fourth-order valence-electron chi connectivity index (χ4n) is 3.20. The second kappa shape index (κ2) is 5.30. The molecule has 2 saturated carbocycles. The van der Waals surface area contributed by atoms with Crippen molar-refractivity contribution in [3.63, 3.8) is 0 Å². The van der Waals surface area contributed by atoms with E-state index in [0.29, 0.717) is 6.54 Å². The molecule has 0 radical (unpaired) electrons. The molecule has 104 valence electrons. The van der Waals surface area contributed by atoms with Crippen LogP contribution in [-0.4, -0.2) is 12.5 Å². The minimum Gasteiger partial charge on any atom is -0.326 e. The monoisotopic (exact) mass is 268 g/mol. The third-order valence-electron chi connectivity index (χ3n) is 4.43. The van der Waals surface area contributed by atoms with E-state index in [9.17, 15) is 4.79 Å². The molecule has 1 aromatic rings. The van der Waals surface area contributed by atoms with Crippen molar-refractivity contribution in [2.24, 2.45) is 23.5 Å². The molecule has 2 aliphatic rings. The summed E-state index contributed by atoms with van der Waals surface area (Å²) in [6.07, 6.45) is 3.50. The second-order valence-electron chi connectivity index (χ2n) is 5.95. The van der Waals surface area contributed by atoms with Crippen molar-refractivity contribution in [3.05, 3.63) is 29.3 Å². The van der Waals surface area contributed by atoms with Crippen molar-refractivity contribution >= 4 is 11.6 Å². The number of hydrogen-bond donors (Lipinski definition) is 2. The van der Waals surface area contributed by atoms with Gasteiger partial charge in [-0.3, -0.25) is 4.79 Å². The number of nitrogens with one attached hydrogen (secondary N) is 1. The minimum atomic E-state index is 0.182. The number of aryl methyl sites for hydroxylation is 1. The van der Waals surface area contributed by atoms with Crippen molar-refractivity contribution in [1.29, 1.82) is 0 Å². The molecule has 0 heterocycles. The maximum absolute atomic E-state index is 12.2. The van der Waals surface area contributed by atoms with Gasteiger partial charge >= 0.3 is 0 Å². The molecule has 0 saturated heterocycles. The molecule has 2 aliphatic carbocycles.